The molecule has 4 heteroatoms. The third kappa shape index (κ3) is 0.962. The van der Waals surface area contributed by atoms with Crippen molar-refractivity contribution in [3.8, 4) is 0 Å². The Balaban J connectivity index is 2.32. The molecule has 2 unspecified atom stereocenters. The lowest BCUT2D eigenvalue weighted by Gasteiger charge is -1.95. The Morgan fingerprint density at radius 2 is 2.38 bits per heavy atom. The van der Waals surface area contributed by atoms with Gasteiger partial charge in [0, 0.05) is 0 Å². The standard InChI is InChI=1S/C4H6O4/c5-3(4(6)7)2-1-8-2/h2-3,5H,1H2,(H,6,7). The van der Waals surface area contributed by atoms with Crippen LogP contribution in [-0.2, 0) is 9.53 Å². The van der Waals surface area contributed by atoms with Crippen molar-refractivity contribution in [3.63, 3.8) is 0 Å². The van der Waals surface area contributed by atoms with E-state index < -0.39 is 18.2 Å². The van der Waals surface area contributed by atoms with Gasteiger partial charge in [-0.05, 0) is 0 Å². The minimum absolute atomic E-state index is 0.369. The second kappa shape index (κ2) is 1.72. The molecule has 0 aromatic heterocycles. The van der Waals surface area contributed by atoms with E-state index in [-0.39, 0.29) is 0 Å². The molecule has 0 bridgehead atoms. The predicted octanol–water partition coefficient (Wildman–Crippen LogP) is -1.17. The fraction of sp³-hybridized carbons (Fsp3) is 0.750. The Kier molecular flexibility index (Phi) is 1.19. The van der Waals surface area contributed by atoms with Crippen molar-refractivity contribution in [2.24, 2.45) is 0 Å². The van der Waals surface area contributed by atoms with Crippen LogP contribution < -0.4 is 0 Å². The van der Waals surface area contributed by atoms with Crippen LogP contribution in [0.3, 0.4) is 0 Å². The molecule has 1 rings (SSSR count). The molecule has 1 saturated heterocycles. The molecule has 2 atom stereocenters. The summed E-state index contributed by atoms with van der Waals surface area (Å²) >= 11 is 0. The van der Waals surface area contributed by atoms with Gasteiger partial charge in [0.1, 0.15) is 6.10 Å². The van der Waals surface area contributed by atoms with Crippen molar-refractivity contribution in [2.45, 2.75) is 12.2 Å². The summed E-state index contributed by atoms with van der Waals surface area (Å²) < 4.78 is 4.50. The molecule has 1 heterocycles. The molecule has 1 fully saturated rings. The maximum atomic E-state index is 9.85. The van der Waals surface area contributed by atoms with Crippen molar-refractivity contribution in [2.75, 3.05) is 6.61 Å². The smallest absolute Gasteiger partial charge is 0.335 e. The first kappa shape index (κ1) is 5.53. The number of aliphatic hydroxyl groups excluding tert-OH is 1. The van der Waals surface area contributed by atoms with Crippen LogP contribution in [0.1, 0.15) is 0 Å². The van der Waals surface area contributed by atoms with Crippen LogP contribution in [-0.4, -0.2) is 35.0 Å². The molecule has 2 N–H and O–H groups in total. The monoisotopic (exact) mass is 118 g/mol. The second-order valence-electron chi connectivity index (χ2n) is 1.65. The van der Waals surface area contributed by atoms with E-state index in [0.717, 1.165) is 0 Å². The van der Waals surface area contributed by atoms with E-state index >= 15 is 0 Å². The zero-order valence-electron chi connectivity index (χ0n) is 4.07. The SMILES string of the molecule is O=C(O)C(O)C1CO1. The van der Waals surface area contributed by atoms with Gasteiger partial charge in [0.05, 0.1) is 6.61 Å². The average Bonchev–Trinajstić information content (AvgIpc) is 2.43. The first-order valence-electron chi connectivity index (χ1n) is 2.24. The highest BCUT2D eigenvalue weighted by Gasteiger charge is 2.36. The average molecular weight is 118 g/mol. The molecule has 1 aliphatic heterocycles. The second-order valence-corrected chi connectivity index (χ2v) is 1.65. The zero-order valence-corrected chi connectivity index (χ0v) is 4.07. The van der Waals surface area contributed by atoms with Gasteiger partial charge in [-0.15, -0.1) is 0 Å². The molecule has 0 radical (unpaired) electrons. The lowest BCUT2D eigenvalue weighted by Crippen LogP contribution is -2.25. The van der Waals surface area contributed by atoms with Crippen molar-refractivity contribution < 1.29 is 19.7 Å². The van der Waals surface area contributed by atoms with Crippen LogP contribution in [0, 0.1) is 0 Å². The quantitative estimate of drug-likeness (QED) is 0.448. The number of epoxide rings is 1. The van der Waals surface area contributed by atoms with Crippen molar-refractivity contribution in [3.05, 3.63) is 0 Å². The van der Waals surface area contributed by atoms with Crippen molar-refractivity contribution in [1.29, 1.82) is 0 Å². The Morgan fingerprint density at radius 1 is 1.88 bits per heavy atom. The molecular formula is C4H6O4. The summed E-state index contributed by atoms with van der Waals surface area (Å²) in [6, 6.07) is 0. The summed E-state index contributed by atoms with van der Waals surface area (Å²) in [5.41, 5.74) is 0. The number of carboxylic acids is 1. The summed E-state index contributed by atoms with van der Waals surface area (Å²) in [6.07, 6.45) is -1.78. The number of rotatable bonds is 2. The first-order valence-corrected chi connectivity index (χ1v) is 2.24. The largest absolute Gasteiger partial charge is 0.479 e. The van der Waals surface area contributed by atoms with E-state index in [4.69, 9.17) is 10.2 Å². The number of hydrogen-bond donors (Lipinski definition) is 2. The maximum absolute atomic E-state index is 9.85. The topological polar surface area (TPSA) is 70.1 Å². The van der Waals surface area contributed by atoms with Gasteiger partial charge in [-0.2, -0.15) is 0 Å². The molecule has 0 aromatic carbocycles. The van der Waals surface area contributed by atoms with Crippen LogP contribution in [0.2, 0.25) is 0 Å². The highest BCUT2D eigenvalue weighted by molar-refractivity contribution is 5.73. The van der Waals surface area contributed by atoms with Crippen molar-refractivity contribution in [1.82, 2.24) is 0 Å². The molecule has 0 aliphatic carbocycles. The fourth-order valence-electron chi connectivity index (χ4n) is 0.397. The van der Waals surface area contributed by atoms with Crippen LogP contribution >= 0.6 is 0 Å². The molecule has 0 saturated carbocycles. The Morgan fingerprint density at radius 3 is 2.50 bits per heavy atom. The van der Waals surface area contributed by atoms with Gasteiger partial charge in [0.2, 0.25) is 0 Å². The lowest BCUT2D eigenvalue weighted by atomic mass is 10.3. The van der Waals surface area contributed by atoms with Gasteiger partial charge < -0.3 is 14.9 Å². The minimum atomic E-state index is -1.32. The van der Waals surface area contributed by atoms with Gasteiger partial charge in [-0.3, -0.25) is 0 Å². The number of carbonyl (C=O) groups is 1. The summed E-state index contributed by atoms with van der Waals surface area (Å²) in [7, 11) is 0. The van der Waals surface area contributed by atoms with Gasteiger partial charge in [-0.1, -0.05) is 0 Å². The predicted molar refractivity (Wildman–Crippen MR) is 23.4 cm³/mol. The van der Waals surface area contributed by atoms with Crippen LogP contribution in [0.4, 0.5) is 0 Å². The van der Waals surface area contributed by atoms with E-state index in [9.17, 15) is 4.79 Å². The van der Waals surface area contributed by atoms with E-state index in [1.807, 2.05) is 0 Å². The maximum Gasteiger partial charge on any atom is 0.335 e. The van der Waals surface area contributed by atoms with E-state index in [1.165, 1.54) is 0 Å². The number of carboxylic acid groups (broad SMARTS) is 1. The van der Waals surface area contributed by atoms with Crippen LogP contribution in [0.25, 0.3) is 0 Å². The normalized spacial score (nSPS) is 29.4. The Bertz CT molecular complexity index is 107. The lowest BCUT2D eigenvalue weighted by molar-refractivity contribution is -0.147. The van der Waals surface area contributed by atoms with E-state index in [2.05, 4.69) is 4.74 Å². The van der Waals surface area contributed by atoms with E-state index in [0.29, 0.717) is 6.61 Å². The number of aliphatic carboxylic acids is 1. The van der Waals surface area contributed by atoms with Crippen LogP contribution in [0.15, 0.2) is 0 Å². The highest BCUT2D eigenvalue weighted by atomic mass is 16.6. The zero-order chi connectivity index (χ0) is 6.15. The highest BCUT2D eigenvalue weighted by Crippen LogP contribution is 2.13. The molecule has 0 amide bonds. The first-order chi connectivity index (χ1) is 3.72. The number of ether oxygens (including phenoxy) is 1. The molecule has 0 aromatic rings. The van der Waals surface area contributed by atoms with Gasteiger partial charge in [-0.25, -0.2) is 4.79 Å². The Hall–Kier alpha value is -0.610. The molecule has 4 nitrogen and oxygen atoms in total. The molecule has 8 heavy (non-hydrogen) atoms. The van der Waals surface area contributed by atoms with Crippen molar-refractivity contribution >= 4 is 5.97 Å². The van der Waals surface area contributed by atoms with Crippen LogP contribution in [0.5, 0.6) is 0 Å². The number of hydrogen-bond acceptors (Lipinski definition) is 3. The van der Waals surface area contributed by atoms with E-state index in [1.54, 1.807) is 0 Å². The fourth-order valence-corrected chi connectivity index (χ4v) is 0.397. The third-order valence-electron chi connectivity index (χ3n) is 0.964. The summed E-state index contributed by atoms with van der Waals surface area (Å²) in [6.45, 7) is 0.369. The summed E-state index contributed by atoms with van der Waals surface area (Å²) in [5.74, 6) is -1.22. The summed E-state index contributed by atoms with van der Waals surface area (Å²) in [4.78, 5) is 9.85. The Labute approximate surface area is 45.7 Å². The molecular weight excluding hydrogens is 112 g/mol. The van der Waals surface area contributed by atoms with Gasteiger partial charge in [0.15, 0.2) is 6.10 Å². The van der Waals surface area contributed by atoms with Gasteiger partial charge >= 0.3 is 5.97 Å². The molecule has 0 spiro atoms. The number of aliphatic hydroxyl groups is 1. The molecule has 1 aliphatic rings. The minimum Gasteiger partial charge on any atom is -0.479 e. The van der Waals surface area contributed by atoms with Gasteiger partial charge in [0.25, 0.3) is 0 Å². The molecule has 46 valence electrons. The third-order valence-corrected chi connectivity index (χ3v) is 0.964. The summed E-state index contributed by atoms with van der Waals surface area (Å²) in [5, 5.41) is 16.6.